The number of pyridine rings is 1. The zero-order valence-corrected chi connectivity index (χ0v) is 24.0. The molecule has 0 atom stereocenters. The molecule has 2 aromatic heterocycles. The van der Waals surface area contributed by atoms with Crippen LogP contribution in [-0.4, -0.2) is 34.0 Å². The van der Waals surface area contributed by atoms with Crippen molar-refractivity contribution in [3.8, 4) is 28.7 Å². The lowest BCUT2D eigenvalue weighted by Crippen LogP contribution is -2.35. The second-order valence-corrected chi connectivity index (χ2v) is 9.87. The number of aryl methyl sites for hydroxylation is 1. The van der Waals surface area contributed by atoms with Gasteiger partial charge in [0.2, 0.25) is 11.8 Å². The highest BCUT2D eigenvalue weighted by Crippen LogP contribution is 2.47. The molecule has 6 rings (SSSR count). The average molecular weight is 604 g/mol. The minimum absolute atomic E-state index is 0. The topological polar surface area (TPSA) is 128 Å². The Kier molecular flexibility index (Phi) is 8.27. The lowest BCUT2D eigenvalue weighted by molar-refractivity contribution is -0.131. The van der Waals surface area contributed by atoms with Crippen LogP contribution in [0.1, 0.15) is 25.6 Å². The summed E-state index contributed by atoms with van der Waals surface area (Å²) in [5.41, 5.74) is 1.06. The van der Waals surface area contributed by atoms with Crippen molar-refractivity contribution in [1.29, 1.82) is 0 Å². The fourth-order valence-corrected chi connectivity index (χ4v) is 4.53. The van der Waals surface area contributed by atoms with Crippen LogP contribution in [0.2, 0.25) is 0 Å². The van der Waals surface area contributed by atoms with Crippen LogP contribution in [0.4, 0.5) is 15.8 Å². The minimum Gasteiger partial charge on any atom is -0.496 e. The van der Waals surface area contributed by atoms with Gasteiger partial charge in [0.05, 0.1) is 18.2 Å². The summed E-state index contributed by atoms with van der Waals surface area (Å²) in [4.78, 5) is 34.7. The lowest BCUT2D eigenvalue weighted by Gasteiger charge is -2.16. The summed E-state index contributed by atoms with van der Waals surface area (Å²) in [7, 11) is 1.56. The standard InChI is InChI=1S/C31H26FN5O5.ClH/c1-3-27-36-28(42-37-27)23-16-22-24(17-26(23)40-2)33-15-12-25(22)41-21-10-8-20(9-11-21)35-30(39)31(13-14-31)29(38)34-19-6-4-18(32)5-7-19;/h4-12,15-17H,3,13-14H2,1-2H3,(H,34,38)(H,35,39);1H. The molecule has 12 heteroatoms. The largest absolute Gasteiger partial charge is 0.496 e. The monoisotopic (exact) mass is 603 g/mol. The zero-order chi connectivity index (χ0) is 29.3. The van der Waals surface area contributed by atoms with Crippen LogP contribution >= 0.6 is 12.4 Å². The predicted octanol–water partition coefficient (Wildman–Crippen LogP) is 6.57. The van der Waals surface area contributed by atoms with Crippen molar-refractivity contribution < 1.29 is 28.0 Å². The maximum atomic E-state index is 13.2. The number of nitrogens with zero attached hydrogens (tertiary/aromatic N) is 3. The number of carbonyl (C=O) groups is 2. The highest BCUT2D eigenvalue weighted by molar-refractivity contribution is 6.16. The number of ether oxygens (including phenoxy) is 2. The molecule has 5 aromatic rings. The van der Waals surface area contributed by atoms with E-state index in [1.54, 1.807) is 49.7 Å². The quantitative estimate of drug-likeness (QED) is 0.181. The molecule has 1 saturated carbocycles. The van der Waals surface area contributed by atoms with Crippen LogP contribution in [0.3, 0.4) is 0 Å². The molecular formula is C31H27ClFN5O5. The molecule has 0 unspecified atom stereocenters. The number of hydrogen-bond donors (Lipinski definition) is 2. The van der Waals surface area contributed by atoms with Crippen LogP contribution in [-0.2, 0) is 16.0 Å². The van der Waals surface area contributed by atoms with Gasteiger partial charge in [-0.05, 0) is 73.5 Å². The van der Waals surface area contributed by atoms with Crippen LogP contribution in [0, 0.1) is 11.2 Å². The van der Waals surface area contributed by atoms with Gasteiger partial charge in [0.25, 0.3) is 5.89 Å². The molecule has 2 N–H and O–H groups in total. The number of aromatic nitrogens is 3. The molecule has 0 aliphatic heterocycles. The fraction of sp³-hybridized carbons (Fsp3) is 0.194. The summed E-state index contributed by atoms with van der Waals surface area (Å²) >= 11 is 0. The number of hydrogen-bond acceptors (Lipinski definition) is 8. The molecule has 1 aliphatic rings. The first-order valence-corrected chi connectivity index (χ1v) is 13.3. The van der Waals surface area contributed by atoms with Crippen LogP contribution in [0.25, 0.3) is 22.4 Å². The van der Waals surface area contributed by atoms with E-state index < -0.39 is 23.0 Å². The van der Waals surface area contributed by atoms with Crippen molar-refractivity contribution in [3.05, 3.63) is 84.6 Å². The normalized spacial score (nSPS) is 13.1. The van der Waals surface area contributed by atoms with Gasteiger partial charge in [0, 0.05) is 35.4 Å². The number of methoxy groups -OCH3 is 1. The van der Waals surface area contributed by atoms with E-state index in [9.17, 15) is 14.0 Å². The fourth-order valence-electron chi connectivity index (χ4n) is 4.53. The Morgan fingerprint density at radius 2 is 1.60 bits per heavy atom. The third kappa shape index (κ3) is 5.98. The number of anilines is 2. The maximum Gasteiger partial charge on any atom is 0.261 e. The number of fused-ring (bicyclic) bond motifs is 1. The van der Waals surface area contributed by atoms with E-state index in [-0.39, 0.29) is 12.4 Å². The Labute approximate surface area is 252 Å². The number of benzene rings is 3. The molecule has 0 bridgehead atoms. The molecule has 0 radical (unpaired) electrons. The van der Waals surface area contributed by atoms with Crippen molar-refractivity contribution in [2.75, 3.05) is 17.7 Å². The molecule has 220 valence electrons. The summed E-state index contributed by atoms with van der Waals surface area (Å²) in [6.45, 7) is 1.94. The van der Waals surface area contributed by atoms with Crippen LogP contribution in [0.15, 0.2) is 77.4 Å². The SMILES string of the molecule is CCc1noc(-c2cc3c(Oc4ccc(NC(=O)C5(C(=O)Nc6ccc(F)cc6)CC5)cc4)ccnc3cc2OC)n1.Cl. The van der Waals surface area contributed by atoms with Crippen molar-refractivity contribution in [2.45, 2.75) is 26.2 Å². The molecule has 1 aliphatic carbocycles. The van der Waals surface area contributed by atoms with E-state index in [4.69, 9.17) is 14.0 Å². The summed E-state index contributed by atoms with van der Waals surface area (Å²) < 4.78 is 30.4. The summed E-state index contributed by atoms with van der Waals surface area (Å²) in [5.74, 6) is 1.31. The van der Waals surface area contributed by atoms with Crippen molar-refractivity contribution in [1.82, 2.24) is 15.1 Å². The first kappa shape index (κ1) is 29.5. The van der Waals surface area contributed by atoms with E-state index in [1.807, 2.05) is 13.0 Å². The maximum absolute atomic E-state index is 13.2. The number of rotatable bonds is 9. The van der Waals surface area contributed by atoms with Gasteiger partial charge in [-0.1, -0.05) is 12.1 Å². The third-order valence-corrected chi connectivity index (χ3v) is 7.10. The molecule has 2 heterocycles. The lowest BCUT2D eigenvalue weighted by atomic mass is 10.0. The molecule has 10 nitrogen and oxygen atoms in total. The van der Waals surface area contributed by atoms with Gasteiger partial charge in [0.1, 0.15) is 28.5 Å². The first-order chi connectivity index (χ1) is 20.4. The number of nitrogens with one attached hydrogen (secondary N) is 2. The summed E-state index contributed by atoms with van der Waals surface area (Å²) in [5, 5.41) is 10.2. The molecule has 3 aromatic carbocycles. The van der Waals surface area contributed by atoms with Gasteiger partial charge in [-0.25, -0.2) is 4.39 Å². The van der Waals surface area contributed by atoms with Gasteiger partial charge in [-0.2, -0.15) is 4.98 Å². The number of carbonyl (C=O) groups excluding carboxylic acids is 2. The molecule has 0 spiro atoms. The van der Waals surface area contributed by atoms with Crippen molar-refractivity contribution >= 4 is 46.5 Å². The predicted molar refractivity (Wildman–Crippen MR) is 160 cm³/mol. The highest BCUT2D eigenvalue weighted by Gasteiger charge is 2.56. The highest BCUT2D eigenvalue weighted by atomic mass is 35.5. The second kappa shape index (κ2) is 12.1. The number of amides is 2. The van der Waals surface area contributed by atoms with Crippen LogP contribution in [0.5, 0.6) is 17.2 Å². The van der Waals surface area contributed by atoms with E-state index in [1.165, 1.54) is 24.3 Å². The smallest absolute Gasteiger partial charge is 0.261 e. The van der Waals surface area contributed by atoms with Crippen molar-refractivity contribution in [3.63, 3.8) is 0 Å². The van der Waals surface area contributed by atoms with E-state index in [0.29, 0.717) is 76.1 Å². The first-order valence-electron chi connectivity index (χ1n) is 13.3. The van der Waals surface area contributed by atoms with Gasteiger partial charge in [-0.3, -0.25) is 14.6 Å². The zero-order valence-electron chi connectivity index (χ0n) is 23.2. The minimum atomic E-state index is -1.16. The Bertz CT molecular complexity index is 1790. The molecule has 2 amide bonds. The Morgan fingerprint density at radius 3 is 2.19 bits per heavy atom. The van der Waals surface area contributed by atoms with Crippen molar-refractivity contribution in [2.24, 2.45) is 5.41 Å². The van der Waals surface area contributed by atoms with Gasteiger partial charge < -0.3 is 24.6 Å². The Balaban J connectivity index is 0.00000368. The van der Waals surface area contributed by atoms with Crippen LogP contribution < -0.4 is 20.1 Å². The average Bonchev–Trinajstić information content (AvgIpc) is 3.69. The molecule has 0 saturated heterocycles. The molecular weight excluding hydrogens is 577 g/mol. The number of halogens is 2. The van der Waals surface area contributed by atoms with Gasteiger partial charge in [0.15, 0.2) is 5.82 Å². The second-order valence-electron chi connectivity index (χ2n) is 9.87. The molecule has 1 fully saturated rings. The Hall–Kier alpha value is -5.03. The van der Waals surface area contributed by atoms with E-state index in [2.05, 4.69) is 25.8 Å². The summed E-state index contributed by atoms with van der Waals surface area (Å²) in [6, 6.07) is 17.6. The van der Waals surface area contributed by atoms with E-state index >= 15 is 0 Å². The van der Waals surface area contributed by atoms with E-state index in [0.717, 1.165) is 0 Å². The Morgan fingerprint density at radius 1 is 0.953 bits per heavy atom. The van der Waals surface area contributed by atoms with Gasteiger partial charge in [-0.15, -0.1) is 12.4 Å². The molecule has 43 heavy (non-hydrogen) atoms. The summed E-state index contributed by atoms with van der Waals surface area (Å²) in [6.07, 6.45) is 3.13. The third-order valence-electron chi connectivity index (χ3n) is 7.10. The van der Waals surface area contributed by atoms with Gasteiger partial charge >= 0.3 is 0 Å².